The molecule has 1 heterocycles. The number of benzene rings is 3. The van der Waals surface area contributed by atoms with Crippen molar-refractivity contribution in [3.8, 4) is 11.5 Å². The summed E-state index contributed by atoms with van der Waals surface area (Å²) in [5.41, 5.74) is 1.62. The van der Waals surface area contributed by atoms with Gasteiger partial charge in [0, 0.05) is 5.56 Å². The molecular formula is C24H17FN2O4S. The van der Waals surface area contributed by atoms with Gasteiger partial charge in [0.1, 0.15) is 11.5 Å². The molecule has 0 spiro atoms. The van der Waals surface area contributed by atoms with E-state index in [9.17, 15) is 24.2 Å². The highest BCUT2D eigenvalue weighted by Gasteiger charge is 2.32. The molecule has 1 aliphatic heterocycles. The van der Waals surface area contributed by atoms with Crippen molar-refractivity contribution in [1.29, 1.82) is 0 Å². The number of ketones is 1. The number of halogens is 1. The molecule has 0 saturated heterocycles. The molecule has 160 valence electrons. The third kappa shape index (κ3) is 4.55. The Kier molecular flexibility index (Phi) is 6.04. The van der Waals surface area contributed by atoms with Crippen LogP contribution in [0.15, 0.2) is 83.5 Å². The van der Waals surface area contributed by atoms with Gasteiger partial charge in [0.2, 0.25) is 0 Å². The standard InChI is InChI=1S/C24H17FN2O4S/c25-17-7-9-18(10-8-17)27-23(31)19(12-15-4-2-1-3-5-15)26-24(27)32-14-22(30)16-6-11-20(28)21(29)13-16/h1-13,28-29H,14H2/b19-12-. The molecule has 0 radical (unpaired) electrons. The fourth-order valence-corrected chi connectivity index (χ4v) is 3.94. The minimum absolute atomic E-state index is 0.0629. The molecule has 3 aromatic rings. The molecule has 0 fully saturated rings. The van der Waals surface area contributed by atoms with Crippen molar-refractivity contribution in [2.24, 2.45) is 4.99 Å². The van der Waals surface area contributed by atoms with E-state index in [0.717, 1.165) is 17.3 Å². The van der Waals surface area contributed by atoms with Crippen LogP contribution in [0.5, 0.6) is 11.5 Å². The van der Waals surface area contributed by atoms with Crippen LogP contribution < -0.4 is 4.90 Å². The van der Waals surface area contributed by atoms with E-state index in [1.54, 1.807) is 6.08 Å². The van der Waals surface area contributed by atoms with Gasteiger partial charge in [-0.3, -0.25) is 14.5 Å². The molecule has 8 heteroatoms. The van der Waals surface area contributed by atoms with Crippen molar-refractivity contribution in [2.45, 2.75) is 0 Å². The van der Waals surface area contributed by atoms with Crippen molar-refractivity contribution >= 4 is 40.4 Å². The summed E-state index contributed by atoms with van der Waals surface area (Å²) < 4.78 is 13.4. The van der Waals surface area contributed by atoms with Gasteiger partial charge in [0.15, 0.2) is 22.4 Å². The second kappa shape index (κ2) is 9.07. The lowest BCUT2D eigenvalue weighted by Crippen LogP contribution is -2.30. The number of phenolic OH excluding ortho intramolecular Hbond substituents is 2. The van der Waals surface area contributed by atoms with E-state index in [1.165, 1.54) is 47.4 Å². The predicted octanol–water partition coefficient (Wildman–Crippen LogP) is 4.60. The number of aromatic hydroxyl groups is 2. The van der Waals surface area contributed by atoms with E-state index in [2.05, 4.69) is 4.99 Å². The largest absolute Gasteiger partial charge is 0.504 e. The molecule has 32 heavy (non-hydrogen) atoms. The minimum Gasteiger partial charge on any atom is -0.504 e. The van der Waals surface area contributed by atoms with Crippen molar-refractivity contribution in [2.75, 3.05) is 10.7 Å². The maximum absolute atomic E-state index is 13.4. The molecule has 0 aromatic heterocycles. The zero-order valence-electron chi connectivity index (χ0n) is 16.6. The zero-order valence-corrected chi connectivity index (χ0v) is 17.4. The summed E-state index contributed by atoms with van der Waals surface area (Å²) in [5.74, 6) is -1.92. The third-order valence-corrected chi connectivity index (χ3v) is 5.59. The van der Waals surface area contributed by atoms with Crippen LogP contribution in [-0.4, -0.2) is 32.8 Å². The van der Waals surface area contributed by atoms with E-state index in [1.807, 2.05) is 30.3 Å². The molecule has 6 nitrogen and oxygen atoms in total. The maximum Gasteiger partial charge on any atom is 0.283 e. The molecule has 0 aliphatic carbocycles. The average molecular weight is 448 g/mol. The quantitative estimate of drug-likeness (QED) is 0.338. The normalized spacial score (nSPS) is 14.7. The number of thioether (sulfide) groups is 1. The number of carbonyl (C=O) groups is 2. The Hall–Kier alpha value is -3.91. The number of anilines is 1. The number of amidine groups is 1. The number of phenols is 2. The van der Waals surface area contributed by atoms with E-state index in [-0.39, 0.29) is 33.7 Å². The van der Waals surface area contributed by atoms with Crippen LogP contribution in [0.2, 0.25) is 0 Å². The Balaban J connectivity index is 1.62. The van der Waals surface area contributed by atoms with Crippen molar-refractivity contribution in [1.82, 2.24) is 0 Å². The fourth-order valence-electron chi connectivity index (χ4n) is 3.03. The van der Waals surface area contributed by atoms with Gasteiger partial charge in [-0.15, -0.1) is 0 Å². The van der Waals surface area contributed by atoms with Crippen LogP contribution in [0.1, 0.15) is 15.9 Å². The zero-order chi connectivity index (χ0) is 22.7. The summed E-state index contributed by atoms with van der Waals surface area (Å²) in [6, 6.07) is 18.5. The molecule has 0 bridgehead atoms. The number of aliphatic imine (C=N–C) groups is 1. The van der Waals surface area contributed by atoms with Crippen LogP contribution in [0.4, 0.5) is 10.1 Å². The second-order valence-electron chi connectivity index (χ2n) is 6.87. The van der Waals surface area contributed by atoms with Gasteiger partial charge in [0.05, 0.1) is 11.4 Å². The number of hydrogen-bond donors (Lipinski definition) is 2. The van der Waals surface area contributed by atoms with E-state index < -0.39 is 17.5 Å². The lowest BCUT2D eigenvalue weighted by Gasteiger charge is -2.17. The Bertz CT molecular complexity index is 1240. The first kappa shape index (κ1) is 21.3. The molecule has 2 N–H and O–H groups in total. The molecule has 0 saturated carbocycles. The molecule has 3 aromatic carbocycles. The first-order valence-corrected chi connectivity index (χ1v) is 10.5. The molecule has 0 atom stereocenters. The fraction of sp³-hybridized carbons (Fsp3) is 0.0417. The Labute approximate surface area is 187 Å². The van der Waals surface area contributed by atoms with E-state index in [4.69, 9.17) is 0 Å². The number of amides is 1. The topological polar surface area (TPSA) is 90.2 Å². The van der Waals surface area contributed by atoms with E-state index >= 15 is 0 Å². The maximum atomic E-state index is 13.4. The Morgan fingerprint density at radius 2 is 1.72 bits per heavy atom. The van der Waals surface area contributed by atoms with Crippen molar-refractivity contribution in [3.05, 3.63) is 95.4 Å². The first-order valence-electron chi connectivity index (χ1n) is 9.56. The molecule has 4 rings (SSSR count). The smallest absolute Gasteiger partial charge is 0.283 e. The summed E-state index contributed by atoms with van der Waals surface area (Å²) >= 11 is 1.05. The van der Waals surface area contributed by atoms with Crippen LogP contribution in [-0.2, 0) is 4.79 Å². The molecule has 1 amide bonds. The second-order valence-corrected chi connectivity index (χ2v) is 7.81. The van der Waals surface area contributed by atoms with Crippen LogP contribution >= 0.6 is 11.8 Å². The van der Waals surface area contributed by atoms with Crippen molar-refractivity contribution < 1.29 is 24.2 Å². The lowest BCUT2D eigenvalue weighted by molar-refractivity contribution is -0.113. The summed E-state index contributed by atoms with van der Waals surface area (Å²) in [4.78, 5) is 31.4. The van der Waals surface area contributed by atoms with Gasteiger partial charge in [0.25, 0.3) is 5.91 Å². The summed E-state index contributed by atoms with van der Waals surface area (Å²) in [5, 5.41) is 19.3. The van der Waals surface area contributed by atoms with E-state index in [0.29, 0.717) is 5.69 Å². The lowest BCUT2D eigenvalue weighted by atomic mass is 10.1. The summed E-state index contributed by atoms with van der Waals surface area (Å²) in [6.07, 6.45) is 1.65. The number of rotatable bonds is 5. The Morgan fingerprint density at radius 3 is 2.41 bits per heavy atom. The summed E-state index contributed by atoms with van der Waals surface area (Å²) in [7, 11) is 0. The van der Waals surface area contributed by atoms with Crippen LogP contribution in [0, 0.1) is 5.82 Å². The summed E-state index contributed by atoms with van der Waals surface area (Å²) in [6.45, 7) is 0. The van der Waals surface area contributed by atoms with Gasteiger partial charge in [-0.2, -0.15) is 0 Å². The average Bonchev–Trinajstić information content (AvgIpc) is 3.10. The molecular weight excluding hydrogens is 431 g/mol. The first-order chi connectivity index (χ1) is 15.4. The highest BCUT2D eigenvalue weighted by atomic mass is 32.2. The Morgan fingerprint density at radius 1 is 1.00 bits per heavy atom. The third-order valence-electron chi connectivity index (χ3n) is 4.65. The van der Waals surface area contributed by atoms with Gasteiger partial charge < -0.3 is 10.2 Å². The van der Waals surface area contributed by atoms with Crippen LogP contribution in [0.25, 0.3) is 6.08 Å². The number of carbonyl (C=O) groups excluding carboxylic acids is 2. The van der Waals surface area contributed by atoms with Gasteiger partial charge >= 0.3 is 0 Å². The number of hydrogen-bond acceptors (Lipinski definition) is 6. The minimum atomic E-state index is -0.436. The van der Waals surface area contributed by atoms with Gasteiger partial charge in [-0.1, -0.05) is 42.1 Å². The molecule has 1 aliphatic rings. The SMILES string of the molecule is O=C(CSC1=N/C(=C\c2ccccc2)C(=O)N1c1ccc(F)cc1)c1ccc(O)c(O)c1. The highest BCUT2D eigenvalue weighted by molar-refractivity contribution is 8.14. The van der Waals surface area contributed by atoms with Crippen molar-refractivity contribution in [3.63, 3.8) is 0 Å². The number of nitrogens with zero attached hydrogens (tertiary/aromatic N) is 2. The van der Waals surface area contributed by atoms with Gasteiger partial charge in [-0.05, 0) is 54.1 Å². The molecule has 0 unspecified atom stereocenters. The highest BCUT2D eigenvalue weighted by Crippen LogP contribution is 2.31. The van der Waals surface area contributed by atoms with Gasteiger partial charge in [-0.25, -0.2) is 9.38 Å². The predicted molar refractivity (Wildman–Crippen MR) is 122 cm³/mol. The monoisotopic (exact) mass is 448 g/mol. The number of Topliss-reactive ketones (excluding diaryl/α,β-unsaturated/α-hetero) is 1. The van der Waals surface area contributed by atoms with Crippen LogP contribution in [0.3, 0.4) is 0 Å².